The number of nitrogens with one attached hydrogen (secondary N) is 3. The first-order valence-electron chi connectivity index (χ1n) is 10.8. The van der Waals surface area contributed by atoms with E-state index in [1.807, 2.05) is 13.8 Å². The van der Waals surface area contributed by atoms with Gasteiger partial charge in [-0.1, -0.05) is 6.42 Å². The molecule has 2 aliphatic rings. The molecule has 8 heteroatoms. The van der Waals surface area contributed by atoms with Crippen LogP contribution in [0.15, 0.2) is 0 Å². The molecule has 0 saturated carbocycles. The molecule has 3 atom stereocenters. The normalized spacial score (nSPS) is 26.1. The molecule has 28 heavy (non-hydrogen) atoms. The fourth-order valence-corrected chi connectivity index (χ4v) is 3.89. The molecule has 0 aromatic carbocycles. The summed E-state index contributed by atoms with van der Waals surface area (Å²) in [6, 6.07) is -0.223. The van der Waals surface area contributed by atoms with Crippen LogP contribution in [0.4, 0.5) is 4.79 Å². The SMILES string of the molecule is CC(C)NC(=O)NCC[C@H]1CC[C@H](NC(=O)CCN2CCCCC2)[C@@H](CO)O1. The van der Waals surface area contributed by atoms with Gasteiger partial charge in [0.05, 0.1) is 18.8 Å². The molecule has 2 aliphatic heterocycles. The Morgan fingerprint density at radius 3 is 2.61 bits per heavy atom. The number of carbonyl (C=O) groups excluding carboxylic acids is 2. The van der Waals surface area contributed by atoms with Crippen molar-refractivity contribution in [3.05, 3.63) is 0 Å². The predicted octanol–water partition coefficient (Wildman–Crippen LogP) is 0.985. The maximum Gasteiger partial charge on any atom is 0.314 e. The number of amides is 3. The van der Waals surface area contributed by atoms with Gasteiger partial charge in [0.2, 0.25) is 5.91 Å². The van der Waals surface area contributed by atoms with Gasteiger partial charge in [-0.2, -0.15) is 0 Å². The number of urea groups is 1. The van der Waals surface area contributed by atoms with Crippen molar-refractivity contribution in [2.45, 2.75) is 83.1 Å². The molecule has 2 fully saturated rings. The summed E-state index contributed by atoms with van der Waals surface area (Å²) in [5, 5.41) is 18.3. The Kier molecular flexibility index (Phi) is 10.0. The topological polar surface area (TPSA) is 103 Å². The minimum Gasteiger partial charge on any atom is -0.394 e. The highest BCUT2D eigenvalue weighted by atomic mass is 16.5. The first-order chi connectivity index (χ1) is 13.5. The number of nitrogens with zero attached hydrogens (tertiary/aromatic N) is 1. The highest BCUT2D eigenvalue weighted by molar-refractivity contribution is 5.76. The third-order valence-electron chi connectivity index (χ3n) is 5.42. The molecular weight excluding hydrogens is 360 g/mol. The summed E-state index contributed by atoms with van der Waals surface area (Å²) < 4.78 is 5.96. The summed E-state index contributed by atoms with van der Waals surface area (Å²) in [5.74, 6) is 0.0306. The summed E-state index contributed by atoms with van der Waals surface area (Å²) in [7, 11) is 0. The number of piperidine rings is 1. The van der Waals surface area contributed by atoms with E-state index in [4.69, 9.17) is 4.74 Å². The van der Waals surface area contributed by atoms with Crippen LogP contribution >= 0.6 is 0 Å². The number of aliphatic hydroxyl groups is 1. The number of hydrogen-bond donors (Lipinski definition) is 4. The molecule has 4 N–H and O–H groups in total. The standard InChI is InChI=1S/C20H38N4O4/c1-15(2)22-20(27)21-10-8-16-6-7-17(18(14-25)28-16)23-19(26)9-13-24-11-4-3-5-12-24/h15-18,25H,3-14H2,1-2H3,(H,23,26)(H2,21,22,27)/t16-,17+,18-/m1/s1. The van der Waals surface area contributed by atoms with Gasteiger partial charge >= 0.3 is 6.03 Å². The van der Waals surface area contributed by atoms with Crippen LogP contribution in [0, 0.1) is 0 Å². The van der Waals surface area contributed by atoms with E-state index in [9.17, 15) is 14.7 Å². The Labute approximate surface area is 168 Å². The second-order valence-electron chi connectivity index (χ2n) is 8.23. The van der Waals surface area contributed by atoms with Crippen LogP contribution in [0.25, 0.3) is 0 Å². The highest BCUT2D eigenvalue weighted by Gasteiger charge is 2.31. The maximum atomic E-state index is 12.3. The number of ether oxygens (including phenoxy) is 1. The van der Waals surface area contributed by atoms with E-state index in [1.165, 1.54) is 19.3 Å². The van der Waals surface area contributed by atoms with Gasteiger partial charge in [-0.05, 0) is 59.0 Å². The first-order valence-corrected chi connectivity index (χ1v) is 10.8. The smallest absolute Gasteiger partial charge is 0.314 e. The monoisotopic (exact) mass is 398 g/mol. The predicted molar refractivity (Wildman–Crippen MR) is 108 cm³/mol. The summed E-state index contributed by atoms with van der Waals surface area (Å²) in [4.78, 5) is 26.3. The van der Waals surface area contributed by atoms with Gasteiger partial charge in [0.25, 0.3) is 0 Å². The lowest BCUT2D eigenvalue weighted by Gasteiger charge is -2.36. The molecule has 0 bridgehead atoms. The van der Waals surface area contributed by atoms with Crippen LogP contribution in [0.3, 0.4) is 0 Å². The zero-order valence-electron chi connectivity index (χ0n) is 17.4. The molecule has 8 nitrogen and oxygen atoms in total. The van der Waals surface area contributed by atoms with Crippen molar-refractivity contribution in [1.29, 1.82) is 0 Å². The van der Waals surface area contributed by atoms with Gasteiger partial charge in [-0.25, -0.2) is 4.79 Å². The Balaban J connectivity index is 1.65. The third kappa shape index (κ3) is 8.32. The zero-order valence-corrected chi connectivity index (χ0v) is 17.4. The van der Waals surface area contributed by atoms with Crippen molar-refractivity contribution >= 4 is 11.9 Å². The van der Waals surface area contributed by atoms with E-state index in [-0.39, 0.29) is 42.8 Å². The summed E-state index contributed by atoms with van der Waals surface area (Å²) in [6.45, 7) is 7.21. The fourth-order valence-electron chi connectivity index (χ4n) is 3.89. The Morgan fingerprint density at radius 1 is 1.18 bits per heavy atom. The van der Waals surface area contributed by atoms with Crippen LogP contribution in [-0.2, 0) is 9.53 Å². The fraction of sp³-hybridized carbons (Fsp3) is 0.900. The number of aliphatic hydroxyl groups excluding tert-OH is 1. The number of rotatable bonds is 9. The van der Waals surface area contributed by atoms with Gasteiger partial charge in [0, 0.05) is 25.6 Å². The summed E-state index contributed by atoms with van der Waals surface area (Å²) in [5.41, 5.74) is 0. The molecule has 3 amide bonds. The average Bonchev–Trinajstić information content (AvgIpc) is 2.67. The molecule has 0 aromatic rings. The quantitative estimate of drug-likeness (QED) is 0.464. The van der Waals surface area contributed by atoms with E-state index in [0.717, 1.165) is 32.5 Å². The van der Waals surface area contributed by atoms with Crippen LogP contribution in [0.1, 0.15) is 58.8 Å². The molecule has 0 aromatic heterocycles. The van der Waals surface area contributed by atoms with E-state index in [2.05, 4.69) is 20.9 Å². The Hall–Kier alpha value is -1.38. The molecule has 2 rings (SSSR count). The van der Waals surface area contributed by atoms with Crippen LogP contribution in [-0.4, -0.2) is 79.0 Å². The average molecular weight is 399 g/mol. The highest BCUT2D eigenvalue weighted by Crippen LogP contribution is 2.22. The van der Waals surface area contributed by atoms with Crippen molar-refractivity contribution in [3.63, 3.8) is 0 Å². The van der Waals surface area contributed by atoms with Crippen molar-refractivity contribution in [2.75, 3.05) is 32.8 Å². The summed E-state index contributed by atoms with van der Waals surface area (Å²) in [6.07, 6.45) is 6.11. The number of hydrogen-bond acceptors (Lipinski definition) is 5. The molecule has 2 heterocycles. The zero-order chi connectivity index (χ0) is 20.4. The van der Waals surface area contributed by atoms with Crippen LogP contribution in [0.5, 0.6) is 0 Å². The van der Waals surface area contributed by atoms with Crippen molar-refractivity contribution in [2.24, 2.45) is 0 Å². The van der Waals surface area contributed by atoms with E-state index in [0.29, 0.717) is 19.4 Å². The molecule has 162 valence electrons. The molecule has 2 saturated heterocycles. The van der Waals surface area contributed by atoms with Crippen molar-refractivity contribution in [1.82, 2.24) is 20.9 Å². The lowest BCUT2D eigenvalue weighted by molar-refractivity contribution is -0.128. The van der Waals surface area contributed by atoms with Gasteiger partial charge in [-0.15, -0.1) is 0 Å². The number of likely N-dealkylation sites (tertiary alicyclic amines) is 1. The third-order valence-corrected chi connectivity index (χ3v) is 5.42. The van der Waals surface area contributed by atoms with E-state index in [1.54, 1.807) is 0 Å². The van der Waals surface area contributed by atoms with Gasteiger partial charge in [0.1, 0.15) is 6.10 Å². The molecule has 0 unspecified atom stereocenters. The lowest BCUT2D eigenvalue weighted by Crippen LogP contribution is -2.51. The van der Waals surface area contributed by atoms with Crippen LogP contribution < -0.4 is 16.0 Å². The molecular formula is C20H38N4O4. The van der Waals surface area contributed by atoms with E-state index < -0.39 is 0 Å². The van der Waals surface area contributed by atoms with Crippen molar-refractivity contribution < 1.29 is 19.4 Å². The van der Waals surface area contributed by atoms with E-state index >= 15 is 0 Å². The van der Waals surface area contributed by atoms with Gasteiger partial charge < -0.3 is 30.7 Å². The number of carbonyl (C=O) groups is 2. The minimum absolute atomic E-state index is 0.0157. The summed E-state index contributed by atoms with van der Waals surface area (Å²) >= 11 is 0. The Bertz CT molecular complexity index is 483. The van der Waals surface area contributed by atoms with Gasteiger partial charge in [-0.3, -0.25) is 4.79 Å². The van der Waals surface area contributed by atoms with Gasteiger partial charge in [0.15, 0.2) is 0 Å². The first kappa shape index (κ1) is 22.9. The maximum absolute atomic E-state index is 12.3. The second kappa shape index (κ2) is 12.2. The molecule has 0 radical (unpaired) electrons. The minimum atomic E-state index is -0.387. The largest absolute Gasteiger partial charge is 0.394 e. The molecule has 0 spiro atoms. The van der Waals surface area contributed by atoms with Crippen LogP contribution in [0.2, 0.25) is 0 Å². The lowest BCUT2D eigenvalue weighted by atomic mass is 9.97. The van der Waals surface area contributed by atoms with Crippen molar-refractivity contribution in [3.8, 4) is 0 Å². The second-order valence-corrected chi connectivity index (χ2v) is 8.23. The Morgan fingerprint density at radius 2 is 1.93 bits per heavy atom. The molecule has 0 aliphatic carbocycles.